The molecule has 3 aromatic carbocycles. The van der Waals surface area contributed by atoms with Gasteiger partial charge in [-0.2, -0.15) is 0 Å². The Bertz CT molecular complexity index is 1440. The van der Waals surface area contributed by atoms with Gasteiger partial charge in [0.1, 0.15) is 17.2 Å². The van der Waals surface area contributed by atoms with Crippen LogP contribution < -0.4 is 24.2 Å². The second-order valence-electron chi connectivity index (χ2n) is 8.78. The quantitative estimate of drug-likeness (QED) is 0.334. The van der Waals surface area contributed by atoms with Crippen LogP contribution in [0.15, 0.2) is 76.1 Å². The average Bonchev–Trinajstić information content (AvgIpc) is 3.38. The lowest BCUT2D eigenvalue weighted by atomic mass is 9.77. The summed E-state index contributed by atoms with van der Waals surface area (Å²) >= 11 is 3.58. The molecule has 7 nitrogen and oxygen atoms in total. The lowest BCUT2D eigenvalue weighted by Gasteiger charge is -2.38. The van der Waals surface area contributed by atoms with Gasteiger partial charge >= 0.3 is 0 Å². The molecule has 0 saturated carbocycles. The van der Waals surface area contributed by atoms with Crippen molar-refractivity contribution >= 4 is 37.3 Å². The number of ether oxygens (including phenoxy) is 3. The smallest absolute Gasteiger partial charge is 0.262 e. The van der Waals surface area contributed by atoms with Crippen LogP contribution in [-0.2, 0) is 10.0 Å². The molecule has 188 valence electrons. The van der Waals surface area contributed by atoms with Crippen molar-refractivity contribution in [1.82, 2.24) is 0 Å². The molecule has 3 atom stereocenters. The van der Waals surface area contributed by atoms with Crippen LogP contribution in [0.2, 0.25) is 0 Å². The number of allylic oxidation sites excluding steroid dienone is 2. The molecule has 1 aliphatic heterocycles. The van der Waals surface area contributed by atoms with E-state index in [1.54, 1.807) is 44.6 Å². The highest BCUT2D eigenvalue weighted by atomic mass is 79.9. The molecule has 0 saturated heterocycles. The molecule has 0 fully saturated rings. The molecule has 0 radical (unpaired) electrons. The largest absolute Gasteiger partial charge is 0.497 e. The van der Waals surface area contributed by atoms with Gasteiger partial charge in [-0.3, -0.25) is 4.72 Å². The Balaban J connectivity index is 1.49. The van der Waals surface area contributed by atoms with Crippen molar-refractivity contribution in [1.29, 1.82) is 0 Å². The number of anilines is 2. The third-order valence-corrected chi connectivity index (χ3v) is 8.68. The van der Waals surface area contributed by atoms with E-state index in [9.17, 15) is 8.42 Å². The summed E-state index contributed by atoms with van der Waals surface area (Å²) in [7, 11) is 0.848. The zero-order valence-electron chi connectivity index (χ0n) is 20.1. The third kappa shape index (κ3) is 4.41. The van der Waals surface area contributed by atoms with Gasteiger partial charge in [0.05, 0.1) is 38.0 Å². The Hall–Kier alpha value is -3.17. The molecule has 2 N–H and O–H groups in total. The van der Waals surface area contributed by atoms with Gasteiger partial charge in [-0.15, -0.1) is 0 Å². The molecular formula is C27H27BrN2O5S. The fourth-order valence-corrected chi connectivity index (χ4v) is 6.57. The molecule has 5 rings (SSSR count). The summed E-state index contributed by atoms with van der Waals surface area (Å²) in [4.78, 5) is 0.193. The second kappa shape index (κ2) is 9.71. The summed E-state index contributed by atoms with van der Waals surface area (Å²) in [6.45, 7) is 0. The first kappa shape index (κ1) is 24.5. The van der Waals surface area contributed by atoms with Crippen molar-refractivity contribution < 1.29 is 22.6 Å². The van der Waals surface area contributed by atoms with Crippen LogP contribution in [0.5, 0.6) is 17.2 Å². The van der Waals surface area contributed by atoms with Crippen LogP contribution in [0.3, 0.4) is 0 Å². The maximum atomic E-state index is 13.4. The lowest BCUT2D eigenvalue weighted by Crippen LogP contribution is -2.29. The number of benzene rings is 3. The van der Waals surface area contributed by atoms with Crippen molar-refractivity contribution in [2.24, 2.45) is 5.92 Å². The summed E-state index contributed by atoms with van der Waals surface area (Å²) in [6, 6.07) is 16.2. The zero-order valence-corrected chi connectivity index (χ0v) is 22.5. The van der Waals surface area contributed by atoms with E-state index in [0.29, 0.717) is 17.2 Å². The normalized spacial score (nSPS) is 20.2. The van der Waals surface area contributed by atoms with Crippen LogP contribution >= 0.6 is 15.9 Å². The number of fused-ring (bicyclic) bond motifs is 3. The number of sulfonamides is 1. The predicted molar refractivity (Wildman–Crippen MR) is 144 cm³/mol. The standard InChI is InChI=1S/C27H27BrN2O5S/c1-33-17-8-10-24(26(14-17)35-3)30-36(31,32)18-9-11-23-21(15-18)19-5-4-6-20(19)27(29-23)22-13-16(28)7-12-25(22)34-2/h4-5,7-15,19-20,27,29-30H,6H2,1-3H3/t19-,20+,27-/m0/s1. The maximum Gasteiger partial charge on any atom is 0.262 e. The average molecular weight is 571 g/mol. The van der Waals surface area contributed by atoms with Crippen molar-refractivity contribution in [3.05, 3.63) is 82.3 Å². The number of nitrogens with one attached hydrogen (secondary N) is 2. The number of hydrogen-bond donors (Lipinski definition) is 2. The van der Waals surface area contributed by atoms with E-state index in [4.69, 9.17) is 14.2 Å². The highest BCUT2D eigenvalue weighted by Gasteiger charge is 2.39. The summed E-state index contributed by atoms with van der Waals surface area (Å²) in [5, 5.41) is 3.66. The van der Waals surface area contributed by atoms with Crippen LogP contribution in [-0.4, -0.2) is 29.7 Å². The first-order valence-electron chi connectivity index (χ1n) is 11.5. The molecule has 2 aliphatic rings. The van der Waals surface area contributed by atoms with Crippen LogP contribution in [0.1, 0.15) is 29.5 Å². The molecule has 0 bridgehead atoms. The van der Waals surface area contributed by atoms with Crippen molar-refractivity contribution in [2.75, 3.05) is 31.4 Å². The molecule has 36 heavy (non-hydrogen) atoms. The fourth-order valence-electron chi connectivity index (χ4n) is 5.08. The number of halogens is 1. The van der Waals surface area contributed by atoms with E-state index < -0.39 is 10.0 Å². The van der Waals surface area contributed by atoms with Gasteiger partial charge in [-0.25, -0.2) is 8.42 Å². The zero-order chi connectivity index (χ0) is 25.4. The van der Waals surface area contributed by atoms with Gasteiger partial charge in [0, 0.05) is 27.7 Å². The van der Waals surface area contributed by atoms with E-state index in [1.165, 1.54) is 7.11 Å². The van der Waals surface area contributed by atoms with Crippen LogP contribution in [0, 0.1) is 5.92 Å². The molecule has 3 aromatic rings. The molecule has 0 spiro atoms. The summed E-state index contributed by atoms with van der Waals surface area (Å²) in [5.41, 5.74) is 3.29. The summed E-state index contributed by atoms with van der Waals surface area (Å²) < 4.78 is 46.6. The van der Waals surface area contributed by atoms with Crippen molar-refractivity contribution in [3.8, 4) is 17.2 Å². The number of rotatable bonds is 7. The first-order valence-corrected chi connectivity index (χ1v) is 13.8. The molecule has 1 heterocycles. The molecule has 9 heteroatoms. The second-order valence-corrected chi connectivity index (χ2v) is 11.4. The monoisotopic (exact) mass is 570 g/mol. The minimum Gasteiger partial charge on any atom is -0.497 e. The Morgan fingerprint density at radius 2 is 1.72 bits per heavy atom. The SMILES string of the molecule is COc1ccc(NS(=O)(=O)c2ccc3c(c2)[C@H]2C=CC[C@H]2[C@@H](c2cc(Br)ccc2OC)N3)c(OC)c1. The number of methoxy groups -OCH3 is 3. The van der Waals surface area contributed by atoms with Crippen LogP contribution in [0.25, 0.3) is 0 Å². The Labute approximate surface area is 219 Å². The van der Waals surface area contributed by atoms with Crippen molar-refractivity contribution in [3.63, 3.8) is 0 Å². The topological polar surface area (TPSA) is 85.9 Å². The van der Waals surface area contributed by atoms with Crippen LogP contribution in [0.4, 0.5) is 11.4 Å². The van der Waals surface area contributed by atoms with Gasteiger partial charge in [-0.05, 0) is 66.4 Å². The van der Waals surface area contributed by atoms with E-state index >= 15 is 0 Å². The van der Waals surface area contributed by atoms with Gasteiger partial charge in [0.25, 0.3) is 10.0 Å². The van der Waals surface area contributed by atoms with E-state index in [-0.39, 0.29) is 22.8 Å². The predicted octanol–water partition coefficient (Wildman–Crippen LogP) is 6.10. The summed E-state index contributed by atoms with van der Waals surface area (Å²) in [6.07, 6.45) is 5.24. The maximum absolute atomic E-state index is 13.4. The van der Waals surface area contributed by atoms with E-state index in [2.05, 4.69) is 44.2 Å². The Kier molecular flexibility index (Phi) is 6.61. The molecule has 1 aliphatic carbocycles. The Morgan fingerprint density at radius 1 is 0.917 bits per heavy atom. The molecular weight excluding hydrogens is 544 g/mol. The minimum atomic E-state index is -3.86. The van der Waals surface area contributed by atoms with Gasteiger partial charge in [0.15, 0.2) is 0 Å². The Morgan fingerprint density at radius 3 is 2.47 bits per heavy atom. The van der Waals surface area contributed by atoms with Crippen molar-refractivity contribution in [2.45, 2.75) is 23.3 Å². The van der Waals surface area contributed by atoms with E-state index in [1.807, 2.05) is 18.2 Å². The lowest BCUT2D eigenvalue weighted by molar-refractivity contribution is 0.381. The molecule has 0 aromatic heterocycles. The van der Waals surface area contributed by atoms with E-state index in [0.717, 1.165) is 33.5 Å². The minimum absolute atomic E-state index is 0.0223. The number of hydrogen-bond acceptors (Lipinski definition) is 6. The summed E-state index contributed by atoms with van der Waals surface area (Å²) in [5.74, 6) is 2.09. The van der Waals surface area contributed by atoms with Gasteiger partial charge in [0.2, 0.25) is 0 Å². The van der Waals surface area contributed by atoms with Gasteiger partial charge < -0.3 is 19.5 Å². The highest BCUT2D eigenvalue weighted by molar-refractivity contribution is 9.10. The third-order valence-electron chi connectivity index (χ3n) is 6.82. The molecule has 0 amide bonds. The van der Waals surface area contributed by atoms with Gasteiger partial charge in [-0.1, -0.05) is 28.1 Å². The first-order chi connectivity index (χ1) is 17.3. The molecule has 0 unspecified atom stereocenters. The fraction of sp³-hybridized carbons (Fsp3) is 0.259. The highest BCUT2D eigenvalue weighted by Crippen LogP contribution is 2.51.